The molecular weight excluding hydrogens is 323 g/mol. The van der Waals surface area contributed by atoms with Crippen LogP contribution in [0.1, 0.15) is 16.8 Å². The van der Waals surface area contributed by atoms with E-state index in [1.807, 2.05) is 13.0 Å². The van der Waals surface area contributed by atoms with Gasteiger partial charge in [0.2, 0.25) is 0 Å². The van der Waals surface area contributed by atoms with Gasteiger partial charge in [-0.1, -0.05) is 24.3 Å². The number of rotatable bonds is 4. The van der Waals surface area contributed by atoms with Crippen molar-refractivity contribution in [1.82, 2.24) is 9.38 Å². The number of hydrogen-bond donors (Lipinski definition) is 0. The number of aromatic nitrogens is 2. The number of pyridine rings is 1. The summed E-state index contributed by atoms with van der Waals surface area (Å²) in [6.07, 6.45) is 4.16. The maximum absolute atomic E-state index is 13.5. The third-order valence-corrected chi connectivity index (χ3v) is 3.53. The average molecular weight is 338 g/mol. The Hall–Kier alpha value is -3.28. The van der Waals surface area contributed by atoms with Crippen molar-refractivity contribution in [2.75, 3.05) is 0 Å². The molecule has 25 heavy (non-hydrogen) atoms. The van der Waals surface area contributed by atoms with E-state index in [1.54, 1.807) is 30.5 Å². The minimum atomic E-state index is -0.644. The molecule has 0 amide bonds. The molecule has 0 N–H and O–H groups in total. The molecule has 5 nitrogen and oxygen atoms in total. The Labute approximate surface area is 143 Å². The summed E-state index contributed by atoms with van der Waals surface area (Å²) in [5, 5.41) is 0. The van der Waals surface area contributed by atoms with E-state index in [0.717, 1.165) is 11.6 Å². The fourth-order valence-corrected chi connectivity index (χ4v) is 2.29. The quantitative estimate of drug-likeness (QED) is 0.542. The van der Waals surface area contributed by atoms with Crippen molar-refractivity contribution in [3.05, 3.63) is 87.7 Å². The third kappa shape index (κ3) is 3.98. The Morgan fingerprint density at radius 3 is 2.88 bits per heavy atom. The van der Waals surface area contributed by atoms with E-state index < -0.39 is 11.8 Å². The first-order valence-electron chi connectivity index (χ1n) is 7.61. The van der Waals surface area contributed by atoms with Gasteiger partial charge in [-0.2, -0.15) is 0 Å². The summed E-state index contributed by atoms with van der Waals surface area (Å²) < 4.78 is 19.9. The van der Waals surface area contributed by atoms with E-state index in [0.29, 0.717) is 11.3 Å². The van der Waals surface area contributed by atoms with Crippen molar-refractivity contribution in [3.63, 3.8) is 0 Å². The normalized spacial score (nSPS) is 11.1. The molecule has 2 heterocycles. The van der Waals surface area contributed by atoms with Gasteiger partial charge in [0, 0.05) is 23.9 Å². The largest absolute Gasteiger partial charge is 0.456 e. The summed E-state index contributed by atoms with van der Waals surface area (Å²) in [5.74, 6) is -1.07. The van der Waals surface area contributed by atoms with Crippen molar-refractivity contribution in [1.29, 1.82) is 0 Å². The van der Waals surface area contributed by atoms with Gasteiger partial charge in [0.25, 0.3) is 5.56 Å². The second-order valence-corrected chi connectivity index (χ2v) is 5.48. The number of aryl methyl sites for hydroxylation is 1. The van der Waals surface area contributed by atoms with Crippen molar-refractivity contribution >= 4 is 17.7 Å². The van der Waals surface area contributed by atoms with E-state index in [-0.39, 0.29) is 17.7 Å². The smallest absolute Gasteiger partial charge is 0.331 e. The van der Waals surface area contributed by atoms with Crippen LogP contribution < -0.4 is 5.56 Å². The number of halogens is 1. The lowest BCUT2D eigenvalue weighted by Crippen LogP contribution is -2.16. The van der Waals surface area contributed by atoms with Gasteiger partial charge in [0.05, 0.1) is 5.69 Å². The summed E-state index contributed by atoms with van der Waals surface area (Å²) in [4.78, 5) is 28.1. The molecule has 0 saturated carbocycles. The number of carbonyl (C=O) groups is 1. The molecule has 1 aromatic carbocycles. The number of nitrogens with zero attached hydrogens (tertiary/aromatic N) is 2. The van der Waals surface area contributed by atoms with Gasteiger partial charge in [-0.15, -0.1) is 0 Å². The summed E-state index contributed by atoms with van der Waals surface area (Å²) in [6, 6.07) is 11.0. The van der Waals surface area contributed by atoms with E-state index in [4.69, 9.17) is 4.74 Å². The number of ether oxygens (including phenoxy) is 1. The highest BCUT2D eigenvalue weighted by Crippen LogP contribution is 2.08. The third-order valence-electron chi connectivity index (χ3n) is 3.53. The zero-order valence-electron chi connectivity index (χ0n) is 13.5. The van der Waals surface area contributed by atoms with Crippen LogP contribution >= 0.6 is 0 Å². The highest BCUT2D eigenvalue weighted by atomic mass is 19.1. The van der Waals surface area contributed by atoms with Crippen LogP contribution in [0.3, 0.4) is 0 Å². The first-order valence-corrected chi connectivity index (χ1v) is 7.61. The lowest BCUT2D eigenvalue weighted by atomic mass is 10.2. The summed E-state index contributed by atoms with van der Waals surface area (Å²) in [6.45, 7) is 1.74. The Bertz CT molecular complexity index is 1020. The van der Waals surface area contributed by atoms with Crippen LogP contribution in [0, 0.1) is 12.7 Å². The number of carbonyl (C=O) groups excluding carboxylic acids is 1. The number of benzene rings is 1. The molecule has 0 atom stereocenters. The molecular formula is C19H15FN2O3. The summed E-state index contributed by atoms with van der Waals surface area (Å²) >= 11 is 0. The standard InChI is InChI=1S/C19H15FN2O3/c1-13-6-8-17-21-15(10-18(23)22(17)11-13)12-25-19(24)9-7-14-4-2-3-5-16(14)20/h2-11H,12H2,1H3/b9-7+. The van der Waals surface area contributed by atoms with Crippen LogP contribution in [0.2, 0.25) is 0 Å². The second kappa shape index (κ2) is 7.09. The zero-order valence-corrected chi connectivity index (χ0v) is 13.5. The maximum Gasteiger partial charge on any atom is 0.331 e. The Morgan fingerprint density at radius 2 is 2.08 bits per heavy atom. The zero-order chi connectivity index (χ0) is 17.8. The first kappa shape index (κ1) is 16.6. The molecule has 0 saturated heterocycles. The van der Waals surface area contributed by atoms with Gasteiger partial charge in [-0.3, -0.25) is 9.20 Å². The first-order chi connectivity index (χ1) is 12.0. The predicted octanol–water partition coefficient (Wildman–Crippen LogP) is 2.90. The molecule has 0 radical (unpaired) electrons. The van der Waals surface area contributed by atoms with Crippen LogP contribution in [0.25, 0.3) is 11.7 Å². The monoisotopic (exact) mass is 338 g/mol. The molecule has 0 bridgehead atoms. The predicted molar refractivity (Wildman–Crippen MR) is 91.4 cm³/mol. The number of hydrogen-bond acceptors (Lipinski definition) is 4. The van der Waals surface area contributed by atoms with Crippen LogP contribution in [0.15, 0.2) is 59.5 Å². The van der Waals surface area contributed by atoms with Crippen molar-refractivity contribution in [2.45, 2.75) is 13.5 Å². The minimum absolute atomic E-state index is 0.139. The van der Waals surface area contributed by atoms with Crippen molar-refractivity contribution < 1.29 is 13.9 Å². The van der Waals surface area contributed by atoms with Crippen molar-refractivity contribution in [3.8, 4) is 0 Å². The summed E-state index contributed by atoms with van der Waals surface area (Å²) in [5.41, 5.74) is 1.81. The highest BCUT2D eigenvalue weighted by molar-refractivity contribution is 5.87. The SMILES string of the molecule is Cc1ccc2nc(COC(=O)/C=C/c3ccccc3F)cc(=O)n2c1. The van der Waals surface area contributed by atoms with Gasteiger partial charge in [0.1, 0.15) is 18.1 Å². The second-order valence-electron chi connectivity index (χ2n) is 5.48. The van der Waals surface area contributed by atoms with E-state index in [9.17, 15) is 14.0 Å². The lowest BCUT2D eigenvalue weighted by molar-refractivity contribution is -0.139. The molecule has 126 valence electrons. The molecule has 0 aliphatic carbocycles. The van der Waals surface area contributed by atoms with E-state index >= 15 is 0 Å². The topological polar surface area (TPSA) is 60.7 Å². The molecule has 2 aromatic heterocycles. The lowest BCUT2D eigenvalue weighted by Gasteiger charge is -2.05. The molecule has 0 aliphatic rings. The minimum Gasteiger partial charge on any atom is -0.456 e. The molecule has 3 rings (SSSR count). The van der Waals surface area contributed by atoms with Crippen molar-refractivity contribution in [2.24, 2.45) is 0 Å². The van der Waals surface area contributed by atoms with Crippen LogP contribution in [0.5, 0.6) is 0 Å². The van der Waals surface area contributed by atoms with Crippen LogP contribution in [0.4, 0.5) is 4.39 Å². The highest BCUT2D eigenvalue weighted by Gasteiger charge is 2.05. The average Bonchev–Trinajstić information content (AvgIpc) is 2.60. The maximum atomic E-state index is 13.5. The molecule has 0 fully saturated rings. The van der Waals surface area contributed by atoms with E-state index in [2.05, 4.69) is 4.98 Å². The van der Waals surface area contributed by atoms with Gasteiger partial charge in [0.15, 0.2) is 0 Å². The van der Waals surface area contributed by atoms with Crippen LogP contribution in [-0.4, -0.2) is 15.4 Å². The van der Waals surface area contributed by atoms with Gasteiger partial charge < -0.3 is 4.74 Å². The Kier molecular flexibility index (Phi) is 4.70. The molecule has 0 spiro atoms. The molecule has 0 aliphatic heterocycles. The Morgan fingerprint density at radius 1 is 1.28 bits per heavy atom. The van der Waals surface area contributed by atoms with Gasteiger partial charge >= 0.3 is 5.97 Å². The molecule has 0 unspecified atom stereocenters. The Balaban J connectivity index is 1.70. The van der Waals surface area contributed by atoms with Gasteiger partial charge in [-0.25, -0.2) is 14.2 Å². The fraction of sp³-hybridized carbons (Fsp3) is 0.105. The number of esters is 1. The number of fused-ring (bicyclic) bond motifs is 1. The van der Waals surface area contributed by atoms with Crippen LogP contribution in [-0.2, 0) is 16.1 Å². The molecule has 3 aromatic rings. The molecule has 6 heteroatoms. The summed E-state index contributed by atoms with van der Waals surface area (Å²) in [7, 11) is 0. The van der Waals surface area contributed by atoms with E-state index in [1.165, 1.54) is 22.6 Å². The van der Waals surface area contributed by atoms with Gasteiger partial charge in [-0.05, 0) is 30.7 Å². The fourth-order valence-electron chi connectivity index (χ4n) is 2.29.